The van der Waals surface area contributed by atoms with Gasteiger partial charge in [-0.05, 0) is 17.9 Å². The van der Waals surface area contributed by atoms with Crippen molar-refractivity contribution >= 4 is 0 Å². The van der Waals surface area contributed by atoms with Crippen LogP contribution in [0.25, 0.3) is 0 Å². The number of hydrogen-bond donors (Lipinski definition) is 1. The van der Waals surface area contributed by atoms with Gasteiger partial charge in [-0.1, -0.05) is 43.7 Å². The molecular weight excluding hydrogens is 292 g/mol. The van der Waals surface area contributed by atoms with Crippen molar-refractivity contribution in [3.05, 3.63) is 35.9 Å². The molecule has 4 nitrogen and oxygen atoms in total. The van der Waals surface area contributed by atoms with Gasteiger partial charge in [0.2, 0.25) is 0 Å². The molecule has 23 heavy (non-hydrogen) atoms. The molecule has 1 aromatic rings. The van der Waals surface area contributed by atoms with Crippen LogP contribution in [0.5, 0.6) is 0 Å². The molecule has 4 heteroatoms. The highest BCUT2D eigenvalue weighted by atomic mass is 16.7. The first-order valence-electron chi connectivity index (χ1n) is 8.78. The van der Waals surface area contributed by atoms with Crippen LogP contribution < -0.4 is 0 Å². The van der Waals surface area contributed by atoms with E-state index in [1.165, 1.54) is 0 Å². The average Bonchev–Trinajstić information content (AvgIpc) is 2.59. The molecule has 1 N–H and O–H groups in total. The van der Waals surface area contributed by atoms with Gasteiger partial charge < -0.3 is 19.3 Å². The minimum absolute atomic E-state index is 0.0248. The molecule has 1 aromatic carbocycles. The molecule has 0 unspecified atom stereocenters. The van der Waals surface area contributed by atoms with Crippen molar-refractivity contribution in [2.45, 2.75) is 51.1 Å². The number of hydrogen-bond acceptors (Lipinski definition) is 4. The molecule has 4 atom stereocenters. The van der Waals surface area contributed by atoms with Gasteiger partial charge in [-0.3, -0.25) is 0 Å². The molecule has 2 aliphatic heterocycles. The topological polar surface area (TPSA) is 47.9 Å². The summed E-state index contributed by atoms with van der Waals surface area (Å²) < 4.78 is 17.8. The molecule has 0 aromatic heterocycles. The van der Waals surface area contributed by atoms with Crippen LogP contribution in [0.1, 0.15) is 38.2 Å². The van der Waals surface area contributed by atoms with Crippen LogP contribution in [0.4, 0.5) is 0 Å². The molecule has 0 radical (unpaired) electrons. The van der Waals surface area contributed by atoms with E-state index in [0.717, 1.165) is 31.4 Å². The maximum Gasteiger partial charge on any atom is 0.170 e. The molecule has 2 aliphatic rings. The Kier molecular flexibility index (Phi) is 5.70. The molecule has 128 valence electrons. The van der Waals surface area contributed by atoms with Gasteiger partial charge in [0.05, 0.1) is 32.5 Å². The van der Waals surface area contributed by atoms with Crippen LogP contribution in [-0.4, -0.2) is 36.8 Å². The van der Waals surface area contributed by atoms with Gasteiger partial charge in [-0.25, -0.2) is 0 Å². The van der Waals surface area contributed by atoms with Gasteiger partial charge in [0, 0.05) is 18.8 Å². The molecule has 2 fully saturated rings. The summed E-state index contributed by atoms with van der Waals surface area (Å²) >= 11 is 0. The van der Waals surface area contributed by atoms with Gasteiger partial charge in [0.1, 0.15) is 0 Å². The van der Waals surface area contributed by atoms with Crippen molar-refractivity contribution in [1.82, 2.24) is 0 Å². The van der Waals surface area contributed by atoms with Crippen LogP contribution in [0.2, 0.25) is 0 Å². The lowest BCUT2D eigenvalue weighted by molar-refractivity contribution is -0.308. The lowest BCUT2D eigenvalue weighted by Crippen LogP contribution is -2.52. The first-order chi connectivity index (χ1) is 11.2. The van der Waals surface area contributed by atoms with E-state index >= 15 is 0 Å². The zero-order chi connectivity index (χ0) is 16.1. The Morgan fingerprint density at radius 2 is 2.00 bits per heavy atom. The Bertz CT molecular complexity index is 468. The number of rotatable bonds is 5. The summed E-state index contributed by atoms with van der Waals surface area (Å²) in [4.78, 5) is 0. The van der Waals surface area contributed by atoms with E-state index in [1.54, 1.807) is 0 Å². The van der Waals surface area contributed by atoms with Crippen molar-refractivity contribution in [1.29, 1.82) is 0 Å². The predicted octanol–water partition coefficient (Wildman–Crippen LogP) is 3.13. The molecule has 0 bridgehead atoms. The van der Waals surface area contributed by atoms with E-state index in [2.05, 4.69) is 6.92 Å². The molecular formula is C19H28O4. The van der Waals surface area contributed by atoms with E-state index in [0.29, 0.717) is 32.2 Å². The van der Waals surface area contributed by atoms with Gasteiger partial charge in [0.25, 0.3) is 0 Å². The fraction of sp³-hybridized carbons (Fsp3) is 0.684. The second-order valence-electron chi connectivity index (χ2n) is 6.88. The zero-order valence-corrected chi connectivity index (χ0v) is 13.9. The van der Waals surface area contributed by atoms with E-state index in [4.69, 9.17) is 14.2 Å². The van der Waals surface area contributed by atoms with Crippen LogP contribution in [-0.2, 0) is 20.8 Å². The fourth-order valence-electron chi connectivity index (χ4n) is 3.42. The Morgan fingerprint density at radius 3 is 2.65 bits per heavy atom. The van der Waals surface area contributed by atoms with E-state index in [1.807, 2.05) is 30.3 Å². The third-order valence-electron chi connectivity index (χ3n) is 5.16. The molecule has 2 saturated heterocycles. The van der Waals surface area contributed by atoms with Gasteiger partial charge in [-0.15, -0.1) is 0 Å². The van der Waals surface area contributed by atoms with Crippen molar-refractivity contribution in [3.8, 4) is 0 Å². The number of ether oxygens (including phenoxy) is 3. The summed E-state index contributed by atoms with van der Waals surface area (Å²) in [6, 6.07) is 10.1. The van der Waals surface area contributed by atoms with Gasteiger partial charge in [0.15, 0.2) is 5.79 Å². The quantitative estimate of drug-likeness (QED) is 0.905. The minimum Gasteiger partial charge on any atom is -0.392 e. The minimum atomic E-state index is -0.555. The van der Waals surface area contributed by atoms with Crippen LogP contribution in [0.3, 0.4) is 0 Å². The van der Waals surface area contributed by atoms with Crippen molar-refractivity contribution in [2.75, 3.05) is 19.8 Å². The highest BCUT2D eigenvalue weighted by molar-refractivity contribution is 5.13. The van der Waals surface area contributed by atoms with Crippen LogP contribution in [0, 0.1) is 11.8 Å². The Hall–Kier alpha value is -0.940. The average molecular weight is 320 g/mol. The summed E-state index contributed by atoms with van der Waals surface area (Å²) in [5.41, 5.74) is 1.15. The van der Waals surface area contributed by atoms with Crippen LogP contribution >= 0.6 is 0 Å². The first-order valence-corrected chi connectivity index (χ1v) is 8.78. The summed E-state index contributed by atoms with van der Waals surface area (Å²) in [6.07, 6.45) is 3.30. The zero-order valence-electron chi connectivity index (χ0n) is 13.9. The summed E-state index contributed by atoms with van der Waals surface area (Å²) in [7, 11) is 0. The third-order valence-corrected chi connectivity index (χ3v) is 5.16. The second kappa shape index (κ2) is 7.75. The summed E-state index contributed by atoms with van der Waals surface area (Å²) in [5.74, 6) is 0.103. The van der Waals surface area contributed by atoms with Gasteiger partial charge in [-0.2, -0.15) is 0 Å². The Balaban J connectivity index is 1.44. The molecule has 0 aliphatic carbocycles. The van der Waals surface area contributed by atoms with E-state index < -0.39 is 11.9 Å². The molecule has 1 spiro atoms. The molecule has 3 rings (SSSR count). The first kappa shape index (κ1) is 16.9. The highest BCUT2D eigenvalue weighted by Gasteiger charge is 2.44. The van der Waals surface area contributed by atoms with Crippen molar-refractivity contribution in [3.63, 3.8) is 0 Å². The standard InChI is InChI=1S/C19H28O4/c1-2-15-8-9-19(22-12-15)10-18(20)17(14-23-19)13-21-11-16-6-4-3-5-7-16/h3-7,15,17-18,20H,2,8-14H2,1H3/t15-,17+,18+,19-/m1/s1. The second-order valence-corrected chi connectivity index (χ2v) is 6.88. The number of aliphatic hydroxyl groups is 1. The summed E-state index contributed by atoms with van der Waals surface area (Å²) in [5, 5.41) is 10.5. The lowest BCUT2D eigenvalue weighted by Gasteiger charge is -2.46. The SMILES string of the molecule is CC[C@@H]1CC[C@@]2(C[C@H](O)[C@@H](COCc3ccccc3)CO2)OC1. The normalized spacial score (nSPS) is 34.6. The fourth-order valence-corrected chi connectivity index (χ4v) is 3.42. The van der Waals surface area contributed by atoms with E-state index in [9.17, 15) is 5.11 Å². The van der Waals surface area contributed by atoms with E-state index in [-0.39, 0.29) is 5.92 Å². The molecule has 2 heterocycles. The maximum atomic E-state index is 10.5. The highest BCUT2D eigenvalue weighted by Crippen LogP contribution is 2.38. The summed E-state index contributed by atoms with van der Waals surface area (Å²) in [6.45, 7) is 4.54. The predicted molar refractivity (Wildman–Crippen MR) is 87.9 cm³/mol. The number of aliphatic hydroxyl groups excluding tert-OH is 1. The monoisotopic (exact) mass is 320 g/mol. The maximum absolute atomic E-state index is 10.5. The lowest BCUT2D eigenvalue weighted by atomic mass is 9.86. The number of benzene rings is 1. The third kappa shape index (κ3) is 4.32. The van der Waals surface area contributed by atoms with Crippen molar-refractivity contribution < 1.29 is 19.3 Å². The molecule has 0 amide bonds. The van der Waals surface area contributed by atoms with Crippen molar-refractivity contribution in [2.24, 2.45) is 11.8 Å². The largest absolute Gasteiger partial charge is 0.392 e. The smallest absolute Gasteiger partial charge is 0.170 e. The Labute approximate surface area is 138 Å². The van der Waals surface area contributed by atoms with Crippen LogP contribution in [0.15, 0.2) is 30.3 Å². The Morgan fingerprint density at radius 1 is 1.22 bits per heavy atom. The molecule has 0 saturated carbocycles. The van der Waals surface area contributed by atoms with Gasteiger partial charge >= 0.3 is 0 Å².